The molecule has 4 nitrogen and oxygen atoms in total. The van der Waals surface area contributed by atoms with Crippen LogP contribution in [0.1, 0.15) is 49.4 Å². The molecule has 0 atom stereocenters. The van der Waals surface area contributed by atoms with Crippen LogP contribution in [0.3, 0.4) is 0 Å². The molecule has 23 heavy (non-hydrogen) atoms. The lowest BCUT2D eigenvalue weighted by molar-refractivity contribution is 0.237. The molecule has 5 heteroatoms. The Hall–Kier alpha value is -1.88. The van der Waals surface area contributed by atoms with Crippen LogP contribution >= 0.6 is 0 Å². The van der Waals surface area contributed by atoms with Gasteiger partial charge in [0.05, 0.1) is 11.7 Å². The molecule has 1 aliphatic carbocycles. The molecule has 0 amide bonds. The molecule has 0 unspecified atom stereocenters. The van der Waals surface area contributed by atoms with Crippen molar-refractivity contribution in [2.75, 3.05) is 7.05 Å². The summed E-state index contributed by atoms with van der Waals surface area (Å²) < 4.78 is 21.0. The van der Waals surface area contributed by atoms with E-state index in [2.05, 4.69) is 10.00 Å². The van der Waals surface area contributed by atoms with Gasteiger partial charge in [-0.2, -0.15) is 5.10 Å². The summed E-state index contributed by atoms with van der Waals surface area (Å²) in [7, 11) is 1.92. The van der Waals surface area contributed by atoms with E-state index in [4.69, 9.17) is 9.84 Å². The molecule has 0 bridgehead atoms. The van der Waals surface area contributed by atoms with E-state index in [-0.39, 0.29) is 5.82 Å². The number of aromatic nitrogens is 2. The van der Waals surface area contributed by atoms with Gasteiger partial charge in [-0.15, -0.1) is 0 Å². The standard InChI is InChI=1S/C18H24FN3O/c1-20-12-16-11-18(22(21-16)17-5-3-2-4-6-17)23-13-14-7-9-15(19)10-8-14/h7-11,17,20H,2-6,12-13H2,1H3. The van der Waals surface area contributed by atoms with Gasteiger partial charge < -0.3 is 10.1 Å². The van der Waals surface area contributed by atoms with Crippen LogP contribution in [0, 0.1) is 5.82 Å². The fourth-order valence-electron chi connectivity index (χ4n) is 3.13. The minimum absolute atomic E-state index is 0.225. The van der Waals surface area contributed by atoms with Crippen LogP contribution in [-0.2, 0) is 13.2 Å². The van der Waals surface area contributed by atoms with Gasteiger partial charge in [0, 0.05) is 12.6 Å². The summed E-state index contributed by atoms with van der Waals surface area (Å²) in [6.07, 6.45) is 6.14. The van der Waals surface area contributed by atoms with Crippen molar-refractivity contribution in [3.63, 3.8) is 0 Å². The number of nitrogens with zero attached hydrogens (tertiary/aromatic N) is 2. The third-order valence-corrected chi connectivity index (χ3v) is 4.33. The Morgan fingerprint density at radius 3 is 2.65 bits per heavy atom. The van der Waals surface area contributed by atoms with Crippen LogP contribution in [-0.4, -0.2) is 16.8 Å². The van der Waals surface area contributed by atoms with Crippen LogP contribution in [0.25, 0.3) is 0 Å². The molecule has 1 aliphatic rings. The average molecular weight is 317 g/mol. The summed E-state index contributed by atoms with van der Waals surface area (Å²) in [5, 5.41) is 7.85. The van der Waals surface area contributed by atoms with E-state index >= 15 is 0 Å². The van der Waals surface area contributed by atoms with E-state index in [1.54, 1.807) is 12.1 Å². The fraction of sp³-hybridized carbons (Fsp3) is 0.500. The molecular formula is C18H24FN3O. The number of hydrogen-bond acceptors (Lipinski definition) is 3. The monoisotopic (exact) mass is 317 g/mol. The molecule has 1 aromatic carbocycles. The third-order valence-electron chi connectivity index (χ3n) is 4.33. The Labute approximate surface area is 136 Å². The van der Waals surface area contributed by atoms with Gasteiger partial charge in [-0.1, -0.05) is 31.4 Å². The van der Waals surface area contributed by atoms with E-state index in [0.717, 1.165) is 36.5 Å². The normalized spacial score (nSPS) is 15.7. The number of ether oxygens (including phenoxy) is 1. The summed E-state index contributed by atoms with van der Waals surface area (Å²) in [5.74, 6) is 0.587. The first-order valence-corrected chi connectivity index (χ1v) is 8.36. The SMILES string of the molecule is CNCc1cc(OCc2ccc(F)cc2)n(C2CCCCC2)n1. The second kappa shape index (κ2) is 7.59. The maximum absolute atomic E-state index is 13.0. The molecule has 1 saturated carbocycles. The van der Waals surface area contributed by atoms with Crippen LogP contribution in [0.4, 0.5) is 4.39 Å². The topological polar surface area (TPSA) is 39.1 Å². The highest BCUT2D eigenvalue weighted by Crippen LogP contribution is 2.31. The lowest BCUT2D eigenvalue weighted by Gasteiger charge is -2.23. The Kier molecular flexibility index (Phi) is 5.28. The van der Waals surface area contributed by atoms with Crippen LogP contribution in [0.2, 0.25) is 0 Å². The zero-order valence-electron chi connectivity index (χ0n) is 13.6. The van der Waals surface area contributed by atoms with Crippen LogP contribution in [0.5, 0.6) is 5.88 Å². The third kappa shape index (κ3) is 4.10. The molecule has 3 rings (SSSR count). The van der Waals surface area contributed by atoms with Crippen LogP contribution in [0.15, 0.2) is 30.3 Å². The summed E-state index contributed by atoms with van der Waals surface area (Å²) in [5.41, 5.74) is 1.95. The Bertz CT molecular complexity index is 618. The number of halogens is 1. The molecule has 1 fully saturated rings. The van der Waals surface area contributed by atoms with E-state index in [1.165, 1.54) is 31.4 Å². The van der Waals surface area contributed by atoms with Crippen molar-refractivity contribution < 1.29 is 9.13 Å². The zero-order chi connectivity index (χ0) is 16.1. The molecule has 2 aromatic rings. The Morgan fingerprint density at radius 2 is 1.96 bits per heavy atom. The Morgan fingerprint density at radius 1 is 1.22 bits per heavy atom. The zero-order valence-corrected chi connectivity index (χ0v) is 13.6. The van der Waals surface area contributed by atoms with Gasteiger partial charge in [0.15, 0.2) is 0 Å². The predicted octanol–water partition coefficient (Wildman–Crippen LogP) is 3.83. The van der Waals surface area contributed by atoms with Gasteiger partial charge in [0.1, 0.15) is 12.4 Å². The lowest BCUT2D eigenvalue weighted by atomic mass is 9.96. The first-order chi connectivity index (χ1) is 11.3. The summed E-state index contributed by atoms with van der Waals surface area (Å²) in [6, 6.07) is 8.87. The molecule has 0 aliphatic heterocycles. The van der Waals surface area contributed by atoms with Gasteiger partial charge in [-0.05, 0) is 37.6 Å². The molecule has 0 saturated heterocycles. The second-order valence-corrected chi connectivity index (χ2v) is 6.16. The lowest BCUT2D eigenvalue weighted by Crippen LogP contribution is -2.16. The van der Waals surface area contributed by atoms with Crippen molar-refractivity contribution in [3.05, 3.63) is 47.4 Å². The van der Waals surface area contributed by atoms with E-state index in [1.807, 2.05) is 13.1 Å². The molecule has 0 spiro atoms. The van der Waals surface area contributed by atoms with Gasteiger partial charge in [0.2, 0.25) is 5.88 Å². The highest BCUT2D eigenvalue weighted by molar-refractivity contribution is 5.20. The van der Waals surface area contributed by atoms with E-state index in [9.17, 15) is 4.39 Å². The largest absolute Gasteiger partial charge is 0.473 e. The molecule has 124 valence electrons. The van der Waals surface area contributed by atoms with Crippen molar-refractivity contribution in [1.82, 2.24) is 15.1 Å². The minimum Gasteiger partial charge on any atom is -0.473 e. The van der Waals surface area contributed by atoms with Crippen molar-refractivity contribution in [1.29, 1.82) is 0 Å². The first-order valence-electron chi connectivity index (χ1n) is 8.36. The highest BCUT2D eigenvalue weighted by atomic mass is 19.1. The Balaban J connectivity index is 1.74. The quantitative estimate of drug-likeness (QED) is 0.880. The van der Waals surface area contributed by atoms with Gasteiger partial charge in [0.25, 0.3) is 0 Å². The molecule has 1 aromatic heterocycles. The number of rotatable bonds is 6. The van der Waals surface area contributed by atoms with Gasteiger partial charge >= 0.3 is 0 Å². The van der Waals surface area contributed by atoms with Crippen molar-refractivity contribution in [2.45, 2.75) is 51.3 Å². The maximum atomic E-state index is 13.0. The summed E-state index contributed by atoms with van der Waals surface area (Å²) in [4.78, 5) is 0. The predicted molar refractivity (Wildman–Crippen MR) is 87.8 cm³/mol. The van der Waals surface area contributed by atoms with Crippen molar-refractivity contribution in [3.8, 4) is 5.88 Å². The highest BCUT2D eigenvalue weighted by Gasteiger charge is 2.20. The van der Waals surface area contributed by atoms with E-state index < -0.39 is 0 Å². The average Bonchev–Trinajstić information content (AvgIpc) is 2.98. The molecule has 0 radical (unpaired) electrons. The van der Waals surface area contributed by atoms with Crippen molar-refractivity contribution in [2.24, 2.45) is 0 Å². The molecule has 1 N–H and O–H groups in total. The summed E-state index contributed by atoms with van der Waals surface area (Å²) >= 11 is 0. The number of hydrogen-bond donors (Lipinski definition) is 1. The van der Waals surface area contributed by atoms with E-state index in [0.29, 0.717) is 12.6 Å². The summed E-state index contributed by atoms with van der Waals surface area (Å²) in [6.45, 7) is 1.16. The smallest absolute Gasteiger partial charge is 0.212 e. The first kappa shape index (κ1) is 16.0. The fourth-order valence-corrected chi connectivity index (χ4v) is 3.13. The minimum atomic E-state index is -0.225. The molecular weight excluding hydrogens is 293 g/mol. The van der Waals surface area contributed by atoms with Gasteiger partial charge in [-0.25, -0.2) is 9.07 Å². The van der Waals surface area contributed by atoms with Gasteiger partial charge in [-0.3, -0.25) is 0 Å². The van der Waals surface area contributed by atoms with Crippen LogP contribution < -0.4 is 10.1 Å². The second-order valence-electron chi connectivity index (χ2n) is 6.16. The number of benzene rings is 1. The molecule has 1 heterocycles. The number of nitrogens with one attached hydrogen (secondary N) is 1. The maximum Gasteiger partial charge on any atom is 0.212 e. The van der Waals surface area contributed by atoms with Crippen molar-refractivity contribution >= 4 is 0 Å².